The molecule has 4 fully saturated rings. The van der Waals surface area contributed by atoms with E-state index in [0.717, 1.165) is 12.8 Å². The van der Waals surface area contributed by atoms with Crippen LogP contribution in [0.2, 0.25) is 0 Å². The van der Waals surface area contributed by atoms with E-state index in [-0.39, 0.29) is 36.5 Å². The molecule has 0 aromatic carbocycles. The van der Waals surface area contributed by atoms with Gasteiger partial charge in [0.25, 0.3) is 0 Å². The Labute approximate surface area is 70.5 Å². The van der Waals surface area contributed by atoms with Crippen LogP contribution >= 0.6 is 0 Å². The van der Waals surface area contributed by atoms with Crippen LogP contribution in [0.1, 0.15) is 12.8 Å². The van der Waals surface area contributed by atoms with Gasteiger partial charge in [-0.1, -0.05) is 0 Å². The number of nitrogens with one attached hydrogen (secondary N) is 1. The molecule has 12 heavy (non-hydrogen) atoms. The Kier molecular flexibility index (Phi) is 1.33. The van der Waals surface area contributed by atoms with Crippen LogP contribution in [0.5, 0.6) is 0 Å². The standard InChI is InChI=1S/C8H13NO3/c10-7-3-1-5-8(11)4(9-3)2-6(7)12-5/h3-11H,1-2H2. The highest BCUT2D eigenvalue weighted by molar-refractivity contribution is 5.07. The second-order valence-corrected chi connectivity index (χ2v) is 4.05. The van der Waals surface area contributed by atoms with Crippen LogP contribution in [0, 0.1) is 0 Å². The zero-order valence-electron chi connectivity index (χ0n) is 6.68. The van der Waals surface area contributed by atoms with Crippen LogP contribution < -0.4 is 5.32 Å². The van der Waals surface area contributed by atoms with Crippen molar-refractivity contribution in [3.63, 3.8) is 0 Å². The maximum Gasteiger partial charge on any atom is 0.0956 e. The number of aliphatic hydroxyl groups excluding tert-OH is 2. The maximum atomic E-state index is 9.64. The van der Waals surface area contributed by atoms with E-state index in [0.29, 0.717) is 0 Å². The Balaban J connectivity index is 1.91. The molecule has 4 rings (SSSR count). The fraction of sp³-hybridized carbons (Fsp3) is 1.00. The molecule has 4 bridgehead atoms. The third-order valence-corrected chi connectivity index (χ3v) is 3.34. The molecule has 4 heterocycles. The lowest BCUT2D eigenvalue weighted by Gasteiger charge is -2.55. The van der Waals surface area contributed by atoms with Crippen LogP contribution in [0.15, 0.2) is 0 Å². The third kappa shape index (κ3) is 0.758. The van der Waals surface area contributed by atoms with E-state index < -0.39 is 0 Å². The number of ether oxygens (including phenoxy) is 1. The SMILES string of the molecule is OC1C2CC3OC1CC(N2)C3O. The molecular formula is C8H13NO3. The Morgan fingerprint density at radius 3 is 1.92 bits per heavy atom. The molecule has 0 aromatic heterocycles. The van der Waals surface area contributed by atoms with Crippen LogP contribution in [-0.2, 0) is 4.74 Å². The van der Waals surface area contributed by atoms with Crippen molar-refractivity contribution < 1.29 is 14.9 Å². The number of piperidine rings is 2. The van der Waals surface area contributed by atoms with Gasteiger partial charge in [0, 0.05) is 12.1 Å². The predicted molar refractivity (Wildman–Crippen MR) is 40.6 cm³/mol. The number of aliphatic hydroxyl groups is 2. The second kappa shape index (κ2) is 2.20. The average Bonchev–Trinajstić information content (AvgIpc) is 2.02. The molecule has 0 spiro atoms. The zero-order valence-corrected chi connectivity index (χ0v) is 6.68. The summed E-state index contributed by atoms with van der Waals surface area (Å²) in [7, 11) is 0. The van der Waals surface area contributed by atoms with Gasteiger partial charge in [0.05, 0.1) is 24.4 Å². The van der Waals surface area contributed by atoms with Crippen molar-refractivity contribution in [3.05, 3.63) is 0 Å². The van der Waals surface area contributed by atoms with Crippen LogP contribution in [0.4, 0.5) is 0 Å². The van der Waals surface area contributed by atoms with E-state index in [2.05, 4.69) is 5.32 Å². The zero-order chi connectivity index (χ0) is 8.29. The first-order valence-corrected chi connectivity index (χ1v) is 4.53. The maximum absolute atomic E-state index is 9.64. The molecule has 0 amide bonds. The first-order valence-electron chi connectivity index (χ1n) is 4.53. The minimum atomic E-state index is -0.370. The third-order valence-electron chi connectivity index (χ3n) is 3.34. The van der Waals surface area contributed by atoms with Crippen molar-refractivity contribution >= 4 is 0 Å². The summed E-state index contributed by atoms with van der Waals surface area (Å²) >= 11 is 0. The highest BCUT2D eigenvalue weighted by Crippen LogP contribution is 2.36. The van der Waals surface area contributed by atoms with Gasteiger partial charge in [-0.2, -0.15) is 0 Å². The van der Waals surface area contributed by atoms with Gasteiger partial charge >= 0.3 is 0 Å². The Bertz CT molecular complexity index is 160. The van der Waals surface area contributed by atoms with Crippen molar-refractivity contribution in [1.29, 1.82) is 0 Å². The van der Waals surface area contributed by atoms with E-state index in [1.54, 1.807) is 0 Å². The number of hydrogen-bond donors (Lipinski definition) is 3. The molecule has 0 radical (unpaired) electrons. The lowest BCUT2D eigenvalue weighted by atomic mass is 9.77. The fourth-order valence-electron chi connectivity index (χ4n) is 2.68. The second-order valence-electron chi connectivity index (χ2n) is 4.05. The normalized spacial score (nSPS) is 62.5. The van der Waals surface area contributed by atoms with Crippen LogP contribution in [0.3, 0.4) is 0 Å². The van der Waals surface area contributed by atoms with Crippen molar-refractivity contribution in [2.75, 3.05) is 0 Å². The molecule has 68 valence electrons. The summed E-state index contributed by atoms with van der Waals surface area (Å²) in [6.45, 7) is 0. The summed E-state index contributed by atoms with van der Waals surface area (Å²) < 4.78 is 5.51. The highest BCUT2D eigenvalue weighted by atomic mass is 16.5. The fourth-order valence-corrected chi connectivity index (χ4v) is 2.68. The summed E-state index contributed by atoms with van der Waals surface area (Å²) in [5.41, 5.74) is 0. The molecule has 0 saturated carbocycles. The van der Waals surface area contributed by atoms with Gasteiger partial charge in [-0.05, 0) is 12.8 Å². The summed E-state index contributed by atoms with van der Waals surface area (Å²) in [5, 5.41) is 22.5. The van der Waals surface area contributed by atoms with Crippen molar-refractivity contribution in [2.45, 2.75) is 49.3 Å². The first-order chi connectivity index (χ1) is 5.75. The molecule has 0 aliphatic carbocycles. The highest BCUT2D eigenvalue weighted by Gasteiger charge is 2.53. The van der Waals surface area contributed by atoms with Gasteiger partial charge in [-0.15, -0.1) is 0 Å². The lowest BCUT2D eigenvalue weighted by molar-refractivity contribution is -0.231. The van der Waals surface area contributed by atoms with E-state index in [9.17, 15) is 10.2 Å². The van der Waals surface area contributed by atoms with Gasteiger partial charge in [-0.3, -0.25) is 0 Å². The number of rotatable bonds is 0. The predicted octanol–water partition coefficient (Wildman–Crippen LogP) is -1.39. The van der Waals surface area contributed by atoms with Crippen LogP contribution in [-0.4, -0.2) is 46.7 Å². The quantitative estimate of drug-likeness (QED) is 0.420. The minimum absolute atomic E-state index is 0.0385. The topological polar surface area (TPSA) is 61.7 Å². The Morgan fingerprint density at radius 2 is 1.50 bits per heavy atom. The average molecular weight is 171 g/mol. The molecule has 3 N–H and O–H groups in total. The van der Waals surface area contributed by atoms with E-state index in [4.69, 9.17) is 4.74 Å². The van der Waals surface area contributed by atoms with E-state index in [1.807, 2.05) is 0 Å². The van der Waals surface area contributed by atoms with Gasteiger partial charge < -0.3 is 20.3 Å². The summed E-state index contributed by atoms with van der Waals surface area (Å²) in [6, 6.07) is 0.298. The summed E-state index contributed by atoms with van der Waals surface area (Å²) in [5.74, 6) is 0. The molecule has 4 nitrogen and oxygen atoms in total. The largest absolute Gasteiger partial charge is 0.389 e. The molecule has 6 unspecified atom stereocenters. The molecule has 6 atom stereocenters. The smallest absolute Gasteiger partial charge is 0.0956 e. The van der Waals surface area contributed by atoms with E-state index >= 15 is 0 Å². The van der Waals surface area contributed by atoms with E-state index in [1.165, 1.54) is 0 Å². The van der Waals surface area contributed by atoms with Gasteiger partial charge in [0.2, 0.25) is 0 Å². The van der Waals surface area contributed by atoms with Gasteiger partial charge in [0.1, 0.15) is 0 Å². The molecular weight excluding hydrogens is 158 g/mol. The van der Waals surface area contributed by atoms with Gasteiger partial charge in [-0.25, -0.2) is 0 Å². The van der Waals surface area contributed by atoms with Crippen molar-refractivity contribution in [2.24, 2.45) is 0 Å². The Morgan fingerprint density at radius 1 is 1.00 bits per heavy atom. The molecule has 4 aliphatic rings. The minimum Gasteiger partial charge on any atom is -0.389 e. The Hall–Kier alpha value is -0.160. The van der Waals surface area contributed by atoms with Crippen molar-refractivity contribution in [1.82, 2.24) is 5.32 Å². The van der Waals surface area contributed by atoms with Crippen molar-refractivity contribution in [3.8, 4) is 0 Å². The summed E-state index contributed by atoms with van der Waals surface area (Å²) in [6.07, 6.45) is 0.673. The first kappa shape index (κ1) is 7.26. The molecule has 4 saturated heterocycles. The van der Waals surface area contributed by atoms with Gasteiger partial charge in [0.15, 0.2) is 0 Å². The molecule has 4 aliphatic heterocycles. The molecule has 4 heteroatoms. The number of hydrogen-bond acceptors (Lipinski definition) is 4. The lowest BCUT2D eigenvalue weighted by Crippen LogP contribution is -2.73. The van der Waals surface area contributed by atoms with Crippen LogP contribution in [0.25, 0.3) is 0 Å². The molecule has 0 aromatic rings. The summed E-state index contributed by atoms with van der Waals surface area (Å²) in [4.78, 5) is 0. The monoisotopic (exact) mass is 171 g/mol.